The van der Waals surface area contributed by atoms with Crippen molar-refractivity contribution in [2.75, 3.05) is 12.4 Å². The van der Waals surface area contributed by atoms with Crippen molar-refractivity contribution in [1.82, 2.24) is 9.97 Å². The van der Waals surface area contributed by atoms with Crippen LogP contribution in [0.2, 0.25) is 0 Å². The zero-order valence-electron chi connectivity index (χ0n) is 9.19. The lowest BCUT2D eigenvalue weighted by Crippen LogP contribution is -2.00. The molecule has 0 spiro atoms. The van der Waals surface area contributed by atoms with Gasteiger partial charge in [0.15, 0.2) is 5.52 Å². The lowest BCUT2D eigenvalue weighted by molar-refractivity contribution is -0.383. The van der Waals surface area contributed by atoms with Crippen LogP contribution in [0.25, 0.3) is 10.9 Å². The second-order valence-electron chi connectivity index (χ2n) is 3.46. The Kier molecular flexibility index (Phi) is 2.93. The van der Waals surface area contributed by atoms with E-state index in [-0.39, 0.29) is 5.69 Å². The third kappa shape index (κ3) is 1.82. The Morgan fingerprint density at radius 1 is 1.47 bits per heavy atom. The number of aromatic nitrogens is 2. The van der Waals surface area contributed by atoms with Crippen molar-refractivity contribution < 1.29 is 4.92 Å². The fourth-order valence-electron chi connectivity index (χ4n) is 1.67. The SMILES string of the molecule is CNc1ncnc2c([N+](=O)[O-])c(C)c(Br)cc12. The van der Waals surface area contributed by atoms with Crippen molar-refractivity contribution in [3.63, 3.8) is 0 Å². The van der Waals surface area contributed by atoms with Crippen LogP contribution in [0.3, 0.4) is 0 Å². The van der Waals surface area contributed by atoms with Crippen molar-refractivity contribution in [3.05, 3.63) is 32.5 Å². The second kappa shape index (κ2) is 4.25. The molecule has 2 aromatic rings. The van der Waals surface area contributed by atoms with E-state index in [0.717, 1.165) is 0 Å². The van der Waals surface area contributed by atoms with Crippen LogP contribution in [-0.4, -0.2) is 21.9 Å². The Morgan fingerprint density at radius 3 is 2.76 bits per heavy atom. The quantitative estimate of drug-likeness (QED) is 0.680. The van der Waals surface area contributed by atoms with Gasteiger partial charge < -0.3 is 5.32 Å². The molecular weight excluding hydrogens is 288 g/mol. The molecule has 6 nitrogen and oxygen atoms in total. The van der Waals surface area contributed by atoms with E-state index in [9.17, 15) is 10.1 Å². The molecule has 7 heteroatoms. The Morgan fingerprint density at radius 2 is 2.18 bits per heavy atom. The van der Waals surface area contributed by atoms with Crippen LogP contribution in [0.5, 0.6) is 0 Å². The Bertz CT molecular complexity index is 615. The predicted molar refractivity (Wildman–Crippen MR) is 68.2 cm³/mol. The van der Waals surface area contributed by atoms with Gasteiger partial charge in [0.1, 0.15) is 12.1 Å². The van der Waals surface area contributed by atoms with Crippen LogP contribution in [0.4, 0.5) is 11.5 Å². The largest absolute Gasteiger partial charge is 0.373 e. The highest BCUT2D eigenvalue weighted by atomic mass is 79.9. The molecule has 0 atom stereocenters. The molecule has 0 saturated heterocycles. The highest BCUT2D eigenvalue weighted by molar-refractivity contribution is 9.10. The van der Waals surface area contributed by atoms with Gasteiger partial charge in [0, 0.05) is 17.1 Å². The molecule has 0 radical (unpaired) electrons. The van der Waals surface area contributed by atoms with E-state index < -0.39 is 4.92 Å². The number of hydrogen-bond acceptors (Lipinski definition) is 5. The molecule has 0 aliphatic heterocycles. The number of nitro groups is 1. The summed E-state index contributed by atoms with van der Waals surface area (Å²) in [5.74, 6) is 0.568. The number of nitrogens with zero attached hydrogens (tertiary/aromatic N) is 3. The number of nitrogens with one attached hydrogen (secondary N) is 1. The second-order valence-corrected chi connectivity index (χ2v) is 4.31. The number of hydrogen-bond donors (Lipinski definition) is 1. The van der Waals surface area contributed by atoms with Crippen molar-refractivity contribution in [2.45, 2.75) is 6.92 Å². The summed E-state index contributed by atoms with van der Waals surface area (Å²) in [6, 6.07) is 1.78. The third-order valence-electron chi connectivity index (χ3n) is 2.51. The average Bonchev–Trinajstić information content (AvgIpc) is 2.29. The molecule has 0 aliphatic rings. The van der Waals surface area contributed by atoms with Crippen LogP contribution in [0, 0.1) is 17.0 Å². The zero-order valence-corrected chi connectivity index (χ0v) is 10.8. The number of benzene rings is 1. The van der Waals surface area contributed by atoms with Gasteiger partial charge in [-0.1, -0.05) is 15.9 Å². The number of fused-ring (bicyclic) bond motifs is 1. The first-order valence-electron chi connectivity index (χ1n) is 4.82. The summed E-state index contributed by atoms with van der Waals surface area (Å²) in [7, 11) is 1.71. The van der Waals surface area contributed by atoms with E-state index in [1.165, 1.54) is 6.33 Å². The van der Waals surface area contributed by atoms with Gasteiger partial charge in [0.25, 0.3) is 5.69 Å². The van der Waals surface area contributed by atoms with Crippen LogP contribution < -0.4 is 5.32 Å². The number of halogens is 1. The molecule has 0 unspecified atom stereocenters. The standard InChI is InChI=1S/C10H9BrN4O2/c1-5-7(11)3-6-8(9(5)15(16)17)13-4-14-10(6)12-2/h3-4H,1-2H3,(H,12,13,14). The van der Waals surface area contributed by atoms with E-state index >= 15 is 0 Å². The normalized spacial score (nSPS) is 10.5. The van der Waals surface area contributed by atoms with Gasteiger partial charge in [-0.25, -0.2) is 9.97 Å². The monoisotopic (exact) mass is 296 g/mol. The minimum absolute atomic E-state index is 0.00766. The van der Waals surface area contributed by atoms with Crippen molar-refractivity contribution in [2.24, 2.45) is 0 Å². The Hall–Kier alpha value is -1.76. The molecule has 1 aromatic heterocycles. The first kappa shape index (κ1) is 11.7. The van der Waals surface area contributed by atoms with Gasteiger partial charge in [-0.05, 0) is 13.0 Å². The summed E-state index contributed by atoms with van der Waals surface area (Å²) in [6.45, 7) is 1.68. The van der Waals surface area contributed by atoms with Gasteiger partial charge in [-0.3, -0.25) is 10.1 Å². The molecule has 1 aromatic carbocycles. The van der Waals surface area contributed by atoms with Crippen LogP contribution >= 0.6 is 15.9 Å². The van der Waals surface area contributed by atoms with E-state index in [1.54, 1.807) is 20.0 Å². The van der Waals surface area contributed by atoms with E-state index in [1.807, 2.05) is 0 Å². The highest BCUT2D eigenvalue weighted by Crippen LogP contribution is 2.35. The van der Waals surface area contributed by atoms with Crippen LogP contribution in [0.1, 0.15) is 5.56 Å². The Balaban J connectivity index is 2.96. The summed E-state index contributed by atoms with van der Waals surface area (Å²) in [6.07, 6.45) is 1.31. The molecule has 0 aliphatic carbocycles. The van der Waals surface area contributed by atoms with Gasteiger partial charge >= 0.3 is 0 Å². The molecule has 17 heavy (non-hydrogen) atoms. The summed E-state index contributed by atoms with van der Waals surface area (Å²) in [5, 5.41) is 14.6. The minimum Gasteiger partial charge on any atom is -0.373 e. The topological polar surface area (TPSA) is 81.0 Å². The number of anilines is 1. The van der Waals surface area contributed by atoms with E-state index in [4.69, 9.17) is 0 Å². The van der Waals surface area contributed by atoms with Crippen LogP contribution in [-0.2, 0) is 0 Å². The Labute approximate surface area is 105 Å². The minimum atomic E-state index is -0.422. The lowest BCUT2D eigenvalue weighted by Gasteiger charge is -2.07. The highest BCUT2D eigenvalue weighted by Gasteiger charge is 2.21. The van der Waals surface area contributed by atoms with Gasteiger partial charge in [-0.2, -0.15) is 0 Å². The molecule has 1 N–H and O–H groups in total. The van der Waals surface area contributed by atoms with E-state index in [0.29, 0.717) is 26.8 Å². The molecule has 2 rings (SSSR count). The lowest BCUT2D eigenvalue weighted by atomic mass is 10.1. The van der Waals surface area contributed by atoms with Gasteiger partial charge in [0.05, 0.1) is 10.3 Å². The molecule has 0 fully saturated rings. The summed E-state index contributed by atoms with van der Waals surface area (Å²) in [5.41, 5.74) is 0.909. The van der Waals surface area contributed by atoms with Crippen LogP contribution in [0.15, 0.2) is 16.9 Å². The summed E-state index contributed by atoms with van der Waals surface area (Å²) >= 11 is 3.31. The third-order valence-corrected chi connectivity index (χ3v) is 3.34. The molecular formula is C10H9BrN4O2. The smallest absolute Gasteiger partial charge is 0.299 e. The zero-order chi connectivity index (χ0) is 12.6. The number of rotatable bonds is 2. The first-order valence-corrected chi connectivity index (χ1v) is 5.61. The summed E-state index contributed by atoms with van der Waals surface area (Å²) in [4.78, 5) is 18.7. The molecule has 0 amide bonds. The van der Waals surface area contributed by atoms with E-state index in [2.05, 4.69) is 31.2 Å². The van der Waals surface area contributed by atoms with Gasteiger partial charge in [0.2, 0.25) is 0 Å². The number of nitro benzene ring substituents is 1. The van der Waals surface area contributed by atoms with Crippen molar-refractivity contribution in [1.29, 1.82) is 0 Å². The molecule has 0 bridgehead atoms. The van der Waals surface area contributed by atoms with Crippen molar-refractivity contribution in [3.8, 4) is 0 Å². The maximum Gasteiger partial charge on any atom is 0.299 e. The fraction of sp³-hybridized carbons (Fsp3) is 0.200. The van der Waals surface area contributed by atoms with Crippen molar-refractivity contribution >= 4 is 38.3 Å². The predicted octanol–water partition coefficient (Wildman–Crippen LogP) is 2.65. The molecule has 0 saturated carbocycles. The van der Waals surface area contributed by atoms with Gasteiger partial charge in [-0.15, -0.1) is 0 Å². The molecule has 88 valence electrons. The summed E-state index contributed by atoms with van der Waals surface area (Å²) < 4.78 is 0.669. The maximum atomic E-state index is 11.1. The average molecular weight is 297 g/mol. The first-order chi connectivity index (χ1) is 8.06. The fourth-order valence-corrected chi connectivity index (χ4v) is 2.09. The maximum absolute atomic E-state index is 11.1. The molecule has 1 heterocycles.